The van der Waals surface area contributed by atoms with Gasteiger partial charge in [-0.1, -0.05) is 12.2 Å². The number of likely N-dealkylation sites (N-methyl/N-ethyl adjacent to an activating group) is 1. The van der Waals surface area contributed by atoms with E-state index in [0.717, 1.165) is 25.2 Å². The van der Waals surface area contributed by atoms with Crippen molar-refractivity contribution in [3.05, 3.63) is 23.4 Å². The monoisotopic (exact) mass is 164 g/mol. The summed E-state index contributed by atoms with van der Waals surface area (Å²) in [5.41, 5.74) is 2.47. The molecule has 0 aromatic heterocycles. The van der Waals surface area contributed by atoms with Crippen LogP contribution in [0, 0.1) is 0 Å². The lowest BCUT2D eigenvalue weighted by Crippen LogP contribution is -2.26. The number of rotatable bonds is 2. The first-order chi connectivity index (χ1) is 5.77. The maximum Gasteiger partial charge on any atom is 0.0568 e. The summed E-state index contributed by atoms with van der Waals surface area (Å²) in [5.74, 6) is 0. The first-order valence-electron chi connectivity index (χ1n) is 4.28. The Bertz CT molecular complexity index is 226. The van der Waals surface area contributed by atoms with Gasteiger partial charge in [0, 0.05) is 13.1 Å². The molecule has 0 aromatic carbocycles. The zero-order chi connectivity index (χ0) is 8.97. The minimum absolute atomic E-state index is 0.934. The van der Waals surface area contributed by atoms with Crippen molar-refractivity contribution >= 4 is 6.72 Å². The Morgan fingerprint density at radius 2 is 2.33 bits per heavy atom. The second kappa shape index (κ2) is 4.21. The summed E-state index contributed by atoms with van der Waals surface area (Å²) in [6, 6.07) is 0. The SMILES string of the molecule is C=NC1=C(/C=C\C)CCN(C)C1. The average molecular weight is 164 g/mol. The lowest BCUT2D eigenvalue weighted by molar-refractivity contribution is 0.349. The molecule has 0 unspecified atom stereocenters. The first-order valence-corrected chi connectivity index (χ1v) is 4.28. The quantitative estimate of drug-likeness (QED) is 0.569. The molecule has 2 nitrogen and oxygen atoms in total. The number of hydrogen-bond acceptors (Lipinski definition) is 2. The number of hydrogen-bond donors (Lipinski definition) is 0. The molecule has 0 spiro atoms. The number of nitrogens with zero attached hydrogens (tertiary/aromatic N) is 2. The third-order valence-electron chi connectivity index (χ3n) is 2.11. The first kappa shape index (κ1) is 9.20. The zero-order valence-corrected chi connectivity index (χ0v) is 7.88. The summed E-state index contributed by atoms with van der Waals surface area (Å²) in [4.78, 5) is 6.30. The summed E-state index contributed by atoms with van der Waals surface area (Å²) in [6.07, 6.45) is 5.29. The molecule has 0 saturated heterocycles. The Hall–Kier alpha value is -0.890. The number of allylic oxidation sites excluding steroid dienone is 2. The molecule has 1 heterocycles. The second-order valence-corrected chi connectivity index (χ2v) is 3.12. The maximum atomic E-state index is 4.03. The van der Waals surface area contributed by atoms with Gasteiger partial charge in [-0.25, -0.2) is 0 Å². The molecule has 0 N–H and O–H groups in total. The molecule has 0 atom stereocenters. The van der Waals surface area contributed by atoms with Crippen LogP contribution in [0.5, 0.6) is 0 Å². The van der Waals surface area contributed by atoms with Crippen molar-refractivity contribution in [2.24, 2.45) is 4.99 Å². The minimum Gasteiger partial charge on any atom is -0.300 e. The van der Waals surface area contributed by atoms with E-state index in [1.165, 1.54) is 5.57 Å². The van der Waals surface area contributed by atoms with Gasteiger partial charge in [0.15, 0.2) is 0 Å². The van der Waals surface area contributed by atoms with Gasteiger partial charge in [0.25, 0.3) is 0 Å². The smallest absolute Gasteiger partial charge is 0.0568 e. The molecule has 0 saturated carbocycles. The molecule has 0 bridgehead atoms. The molecule has 2 heteroatoms. The Balaban J connectivity index is 2.83. The Morgan fingerprint density at radius 3 is 2.92 bits per heavy atom. The van der Waals surface area contributed by atoms with Crippen molar-refractivity contribution < 1.29 is 0 Å². The van der Waals surface area contributed by atoms with Gasteiger partial charge in [-0.3, -0.25) is 4.99 Å². The van der Waals surface area contributed by atoms with Crippen molar-refractivity contribution in [1.29, 1.82) is 0 Å². The van der Waals surface area contributed by atoms with Crippen molar-refractivity contribution in [2.45, 2.75) is 13.3 Å². The molecule has 0 fully saturated rings. The second-order valence-electron chi connectivity index (χ2n) is 3.12. The minimum atomic E-state index is 0.934. The van der Waals surface area contributed by atoms with Crippen LogP contribution in [0.4, 0.5) is 0 Å². The van der Waals surface area contributed by atoms with Gasteiger partial charge in [0.2, 0.25) is 0 Å². The molecule has 0 aromatic rings. The largest absolute Gasteiger partial charge is 0.300 e. The fourth-order valence-corrected chi connectivity index (χ4v) is 1.42. The van der Waals surface area contributed by atoms with Crippen molar-refractivity contribution in [1.82, 2.24) is 4.90 Å². The Labute approximate surface area is 74.3 Å². The van der Waals surface area contributed by atoms with E-state index in [-0.39, 0.29) is 0 Å². The normalized spacial score (nSPS) is 20.5. The van der Waals surface area contributed by atoms with Crippen LogP contribution in [0.25, 0.3) is 0 Å². The van der Waals surface area contributed by atoms with Gasteiger partial charge < -0.3 is 4.90 Å². The Morgan fingerprint density at radius 1 is 1.58 bits per heavy atom. The summed E-state index contributed by atoms with van der Waals surface area (Å²) >= 11 is 0. The van der Waals surface area contributed by atoms with Crippen molar-refractivity contribution in [2.75, 3.05) is 20.1 Å². The van der Waals surface area contributed by atoms with Crippen LogP contribution in [0.15, 0.2) is 28.4 Å². The molecular weight excluding hydrogens is 148 g/mol. The molecule has 0 radical (unpaired) electrons. The van der Waals surface area contributed by atoms with E-state index < -0.39 is 0 Å². The van der Waals surface area contributed by atoms with Crippen LogP contribution < -0.4 is 0 Å². The van der Waals surface area contributed by atoms with E-state index in [1.807, 2.05) is 6.92 Å². The van der Waals surface area contributed by atoms with Gasteiger partial charge >= 0.3 is 0 Å². The van der Waals surface area contributed by atoms with E-state index in [1.54, 1.807) is 0 Å². The van der Waals surface area contributed by atoms with Gasteiger partial charge in [0.05, 0.1) is 5.70 Å². The predicted molar refractivity (Wildman–Crippen MR) is 53.5 cm³/mol. The van der Waals surface area contributed by atoms with Crippen LogP contribution in [0.1, 0.15) is 13.3 Å². The summed E-state index contributed by atoms with van der Waals surface area (Å²) in [7, 11) is 2.11. The predicted octanol–water partition coefficient (Wildman–Crippen LogP) is 1.85. The van der Waals surface area contributed by atoms with E-state index in [9.17, 15) is 0 Å². The van der Waals surface area contributed by atoms with Crippen LogP contribution >= 0.6 is 0 Å². The summed E-state index contributed by atoms with van der Waals surface area (Å²) in [6.45, 7) is 7.67. The highest BCUT2D eigenvalue weighted by Crippen LogP contribution is 2.18. The van der Waals surface area contributed by atoms with E-state index >= 15 is 0 Å². The van der Waals surface area contributed by atoms with Gasteiger partial charge in [-0.2, -0.15) is 0 Å². The van der Waals surface area contributed by atoms with Crippen LogP contribution in [0.3, 0.4) is 0 Å². The molecule has 0 aliphatic carbocycles. The van der Waals surface area contributed by atoms with Crippen LogP contribution in [0.2, 0.25) is 0 Å². The molecule has 1 aliphatic rings. The number of aliphatic imine (C=N–C) groups is 1. The van der Waals surface area contributed by atoms with Gasteiger partial charge in [-0.05, 0) is 32.7 Å². The molecular formula is C10H16N2. The fraction of sp³-hybridized carbons (Fsp3) is 0.500. The molecule has 66 valence electrons. The molecule has 0 amide bonds. The highest BCUT2D eigenvalue weighted by Gasteiger charge is 2.12. The third-order valence-corrected chi connectivity index (χ3v) is 2.11. The molecule has 1 rings (SSSR count). The van der Waals surface area contributed by atoms with Gasteiger partial charge in [-0.15, -0.1) is 0 Å². The lowest BCUT2D eigenvalue weighted by Gasteiger charge is -2.23. The van der Waals surface area contributed by atoms with Crippen LogP contribution in [-0.4, -0.2) is 31.8 Å². The lowest BCUT2D eigenvalue weighted by atomic mass is 10.1. The van der Waals surface area contributed by atoms with E-state index in [4.69, 9.17) is 0 Å². The summed E-state index contributed by atoms with van der Waals surface area (Å²) in [5, 5.41) is 0. The Kier molecular flexibility index (Phi) is 3.23. The summed E-state index contributed by atoms with van der Waals surface area (Å²) < 4.78 is 0. The maximum absolute atomic E-state index is 4.03. The van der Waals surface area contributed by atoms with Crippen molar-refractivity contribution in [3.8, 4) is 0 Å². The highest BCUT2D eigenvalue weighted by molar-refractivity contribution is 5.36. The fourth-order valence-electron chi connectivity index (χ4n) is 1.42. The van der Waals surface area contributed by atoms with Crippen LogP contribution in [-0.2, 0) is 0 Å². The van der Waals surface area contributed by atoms with E-state index in [0.29, 0.717) is 0 Å². The topological polar surface area (TPSA) is 15.6 Å². The standard InChI is InChI=1S/C10H16N2/c1-4-5-9-6-7-12(3)8-10(9)11-2/h4-5H,2,6-8H2,1,3H3/b5-4-. The molecule has 1 aliphatic heterocycles. The highest BCUT2D eigenvalue weighted by atomic mass is 15.1. The zero-order valence-electron chi connectivity index (χ0n) is 7.88. The van der Waals surface area contributed by atoms with Gasteiger partial charge in [0.1, 0.15) is 0 Å². The average Bonchev–Trinajstić information content (AvgIpc) is 2.08. The van der Waals surface area contributed by atoms with Crippen molar-refractivity contribution in [3.63, 3.8) is 0 Å². The van der Waals surface area contributed by atoms with E-state index in [2.05, 4.69) is 35.8 Å². The molecule has 12 heavy (non-hydrogen) atoms. The third kappa shape index (κ3) is 2.05.